The van der Waals surface area contributed by atoms with Gasteiger partial charge in [0.05, 0.1) is 6.61 Å². The van der Waals surface area contributed by atoms with Gasteiger partial charge in [-0.2, -0.15) is 13.2 Å². The lowest BCUT2D eigenvalue weighted by Crippen LogP contribution is -2.27. The van der Waals surface area contributed by atoms with Crippen LogP contribution in [0, 0.1) is 17.8 Å². The number of rotatable bonds is 3. The van der Waals surface area contributed by atoms with Gasteiger partial charge in [-0.15, -0.1) is 0 Å². The summed E-state index contributed by atoms with van der Waals surface area (Å²) in [6.45, 7) is 2.93. The van der Waals surface area contributed by atoms with Crippen LogP contribution in [0.4, 0.5) is 13.2 Å². The number of hydrogen-bond acceptors (Lipinski definition) is 5. The predicted octanol–water partition coefficient (Wildman–Crippen LogP) is 1.23. The Kier molecular flexibility index (Phi) is 3.81. The Bertz CT molecular complexity index is 551. The number of nitrogens with two attached hydrogens (primary N) is 1. The first kappa shape index (κ1) is 15.5. The van der Waals surface area contributed by atoms with E-state index in [9.17, 15) is 22.8 Å². The molecule has 3 atom stereocenters. The van der Waals surface area contributed by atoms with Gasteiger partial charge in [-0.3, -0.25) is 14.6 Å². The normalized spacial score (nSPS) is 32.1. The molecule has 0 amide bonds. The van der Waals surface area contributed by atoms with Crippen molar-refractivity contribution in [2.24, 2.45) is 28.5 Å². The molecule has 0 radical (unpaired) electrons. The van der Waals surface area contributed by atoms with E-state index in [-0.39, 0.29) is 23.8 Å². The molecule has 2 aliphatic rings. The van der Waals surface area contributed by atoms with Crippen molar-refractivity contribution in [3.8, 4) is 0 Å². The van der Waals surface area contributed by atoms with Gasteiger partial charge in [-0.25, -0.2) is 0 Å². The number of nitrogens with zero attached hydrogens (tertiary/aromatic N) is 1. The third kappa shape index (κ3) is 2.66. The van der Waals surface area contributed by atoms with Crippen LogP contribution in [-0.2, 0) is 14.3 Å². The van der Waals surface area contributed by atoms with Crippen LogP contribution < -0.4 is 5.73 Å². The van der Waals surface area contributed by atoms with Crippen LogP contribution in [0.15, 0.2) is 16.3 Å². The average molecular weight is 304 g/mol. The molecule has 2 aliphatic carbocycles. The maximum Gasteiger partial charge on any atom is 0.431 e. The maximum absolute atomic E-state index is 12.8. The van der Waals surface area contributed by atoms with Crippen molar-refractivity contribution in [2.75, 3.05) is 13.2 Å². The minimum Gasteiger partial charge on any atom is -0.465 e. The van der Waals surface area contributed by atoms with Gasteiger partial charge in [-0.1, -0.05) is 6.92 Å². The molecule has 0 aromatic carbocycles. The third-order valence-corrected chi connectivity index (χ3v) is 3.77. The lowest BCUT2D eigenvalue weighted by atomic mass is 10.0. The van der Waals surface area contributed by atoms with E-state index in [1.165, 1.54) is 0 Å². The zero-order valence-electron chi connectivity index (χ0n) is 11.5. The molecule has 3 unspecified atom stereocenters. The Hall–Kier alpha value is -1.86. The molecule has 116 valence electrons. The highest BCUT2D eigenvalue weighted by Gasteiger charge is 2.63. The number of hydrogen-bond donors (Lipinski definition) is 1. The monoisotopic (exact) mass is 304 g/mol. The highest BCUT2D eigenvalue weighted by molar-refractivity contribution is 6.51. The molecule has 8 heteroatoms. The second-order valence-corrected chi connectivity index (χ2v) is 5.07. The van der Waals surface area contributed by atoms with Gasteiger partial charge in [0.15, 0.2) is 5.78 Å². The van der Waals surface area contributed by atoms with E-state index < -0.39 is 42.0 Å². The van der Waals surface area contributed by atoms with Gasteiger partial charge in [0.2, 0.25) is 0 Å². The molecule has 2 N–H and O–H groups in total. The number of alkyl halides is 3. The molecular formula is C13H15F3N2O3. The van der Waals surface area contributed by atoms with E-state index in [1.54, 1.807) is 13.8 Å². The molecule has 0 aromatic heterocycles. The molecule has 0 spiro atoms. The topological polar surface area (TPSA) is 81.8 Å². The van der Waals surface area contributed by atoms with E-state index >= 15 is 0 Å². The second-order valence-electron chi connectivity index (χ2n) is 5.07. The summed E-state index contributed by atoms with van der Waals surface area (Å²) in [7, 11) is 0. The molecule has 0 aromatic rings. The summed E-state index contributed by atoms with van der Waals surface area (Å²) in [6, 6.07) is 0. The van der Waals surface area contributed by atoms with Crippen LogP contribution in [0.25, 0.3) is 0 Å². The second kappa shape index (κ2) is 5.16. The van der Waals surface area contributed by atoms with E-state index in [0.29, 0.717) is 0 Å². The molecular weight excluding hydrogens is 289 g/mol. The standard InChI is InChI=1S/C13H15F3N2O3/c1-3-21-6(19)4-18-10-9(12(17)13(14,15)16)7-5(2)8(7)11(10)20/h5,7-8H,3-4,17H2,1-2H3. The van der Waals surface area contributed by atoms with E-state index in [1.807, 2.05) is 0 Å². The summed E-state index contributed by atoms with van der Waals surface area (Å²) in [5.41, 5.74) is 3.27. The first-order valence-corrected chi connectivity index (χ1v) is 6.51. The third-order valence-electron chi connectivity index (χ3n) is 3.77. The molecule has 2 saturated carbocycles. The van der Waals surface area contributed by atoms with Crippen LogP contribution in [-0.4, -0.2) is 36.8 Å². The molecule has 2 fully saturated rings. The number of ether oxygens (including phenoxy) is 1. The van der Waals surface area contributed by atoms with Crippen molar-refractivity contribution < 1.29 is 27.5 Å². The molecule has 0 aliphatic heterocycles. The quantitative estimate of drug-likeness (QED) is 0.795. The lowest BCUT2D eigenvalue weighted by Gasteiger charge is -2.13. The largest absolute Gasteiger partial charge is 0.465 e. The smallest absolute Gasteiger partial charge is 0.431 e. The van der Waals surface area contributed by atoms with Gasteiger partial charge in [0.1, 0.15) is 18.0 Å². The maximum atomic E-state index is 12.8. The minimum absolute atomic E-state index is 0.132. The Balaban J connectivity index is 2.33. The highest BCUT2D eigenvalue weighted by atomic mass is 19.4. The summed E-state index contributed by atoms with van der Waals surface area (Å²) in [4.78, 5) is 27.0. The molecule has 21 heavy (non-hydrogen) atoms. The van der Waals surface area contributed by atoms with Crippen LogP contribution in [0.5, 0.6) is 0 Å². The van der Waals surface area contributed by atoms with Crippen LogP contribution in [0.3, 0.4) is 0 Å². The Morgan fingerprint density at radius 3 is 2.52 bits per heavy atom. The summed E-state index contributed by atoms with van der Waals surface area (Å²) in [6.07, 6.45) is -4.72. The zero-order valence-corrected chi connectivity index (χ0v) is 11.5. The van der Waals surface area contributed by atoms with Crippen molar-refractivity contribution >= 4 is 17.5 Å². The molecule has 2 rings (SSSR count). The lowest BCUT2D eigenvalue weighted by molar-refractivity contribution is -0.141. The van der Waals surface area contributed by atoms with Crippen molar-refractivity contribution in [3.05, 3.63) is 11.3 Å². The van der Waals surface area contributed by atoms with Crippen molar-refractivity contribution in [2.45, 2.75) is 20.0 Å². The Morgan fingerprint density at radius 2 is 2.00 bits per heavy atom. The summed E-state index contributed by atoms with van der Waals surface area (Å²) >= 11 is 0. The minimum atomic E-state index is -4.72. The number of allylic oxidation sites excluding steroid dienone is 2. The fraction of sp³-hybridized carbons (Fsp3) is 0.615. The predicted molar refractivity (Wildman–Crippen MR) is 67.4 cm³/mol. The number of carbonyl (C=O) groups excluding carboxylic acids is 2. The van der Waals surface area contributed by atoms with E-state index in [0.717, 1.165) is 0 Å². The number of Topliss-reactive ketones (excluding diaryl/α,β-unsaturated/α-hetero) is 1. The summed E-state index contributed by atoms with van der Waals surface area (Å²) < 4.78 is 43.0. The van der Waals surface area contributed by atoms with Crippen LogP contribution in [0.2, 0.25) is 0 Å². The van der Waals surface area contributed by atoms with Crippen molar-refractivity contribution in [3.63, 3.8) is 0 Å². The molecule has 0 bridgehead atoms. The molecule has 5 nitrogen and oxygen atoms in total. The Labute approximate surface area is 119 Å². The average Bonchev–Trinajstić information content (AvgIpc) is 2.92. The summed E-state index contributed by atoms with van der Waals surface area (Å²) in [5.74, 6) is -2.38. The van der Waals surface area contributed by atoms with Crippen LogP contribution >= 0.6 is 0 Å². The van der Waals surface area contributed by atoms with Gasteiger partial charge in [0, 0.05) is 17.4 Å². The molecule has 0 saturated heterocycles. The SMILES string of the molecule is CCOC(=O)CN=C1C(=O)C2C(C)C2C1=C(N)C(F)(F)F. The first-order chi connectivity index (χ1) is 9.70. The van der Waals surface area contributed by atoms with Gasteiger partial charge >= 0.3 is 12.1 Å². The fourth-order valence-corrected chi connectivity index (χ4v) is 2.73. The van der Waals surface area contributed by atoms with E-state index in [4.69, 9.17) is 5.73 Å². The van der Waals surface area contributed by atoms with Gasteiger partial charge in [0.25, 0.3) is 0 Å². The zero-order chi connectivity index (χ0) is 15.9. The number of carbonyl (C=O) groups is 2. The number of fused-ring (bicyclic) bond motifs is 1. The van der Waals surface area contributed by atoms with Gasteiger partial charge in [-0.05, 0) is 12.8 Å². The summed E-state index contributed by atoms with van der Waals surface area (Å²) in [5, 5.41) is 0. The van der Waals surface area contributed by atoms with Crippen molar-refractivity contribution in [1.29, 1.82) is 0 Å². The number of esters is 1. The van der Waals surface area contributed by atoms with E-state index in [2.05, 4.69) is 9.73 Å². The highest BCUT2D eigenvalue weighted by Crippen LogP contribution is 2.58. The van der Waals surface area contributed by atoms with Gasteiger partial charge < -0.3 is 10.5 Å². The first-order valence-electron chi connectivity index (χ1n) is 6.51. The molecule has 0 heterocycles. The van der Waals surface area contributed by atoms with Crippen LogP contribution in [0.1, 0.15) is 13.8 Å². The Morgan fingerprint density at radius 1 is 1.38 bits per heavy atom. The number of halogens is 3. The number of ketones is 1. The number of aliphatic imine (C=N–C) groups is 1. The fourth-order valence-electron chi connectivity index (χ4n) is 2.73. The van der Waals surface area contributed by atoms with Crippen molar-refractivity contribution in [1.82, 2.24) is 0 Å².